The molecule has 0 aliphatic heterocycles. The van der Waals surface area contributed by atoms with Crippen LogP contribution >= 0.6 is 0 Å². The van der Waals surface area contributed by atoms with Crippen LogP contribution in [-0.2, 0) is 19.1 Å². The van der Waals surface area contributed by atoms with Gasteiger partial charge in [-0.05, 0) is 36.1 Å². The third kappa shape index (κ3) is 4.77. The first kappa shape index (κ1) is 21.3. The smallest absolute Gasteiger partial charge is 0.303 e. The Bertz CT molecular complexity index is 970. The summed E-state index contributed by atoms with van der Waals surface area (Å²) in [5, 5.41) is 0. The van der Waals surface area contributed by atoms with Crippen LogP contribution in [0.2, 0.25) is 0 Å². The van der Waals surface area contributed by atoms with E-state index in [0.29, 0.717) is 0 Å². The van der Waals surface area contributed by atoms with Crippen molar-refractivity contribution in [3.8, 4) is 0 Å². The zero-order valence-corrected chi connectivity index (χ0v) is 17.7. The Balaban J connectivity index is 2.21. The minimum Gasteiger partial charge on any atom is -0.453 e. The molecule has 0 saturated heterocycles. The van der Waals surface area contributed by atoms with Gasteiger partial charge < -0.3 is 9.47 Å². The summed E-state index contributed by atoms with van der Waals surface area (Å²) in [5.74, 6) is -0.754. The Morgan fingerprint density at radius 1 is 0.567 bits per heavy atom. The highest BCUT2D eigenvalue weighted by Gasteiger charge is 2.28. The van der Waals surface area contributed by atoms with E-state index in [2.05, 4.69) is 0 Å². The van der Waals surface area contributed by atoms with Gasteiger partial charge in [0.25, 0.3) is 0 Å². The molecule has 0 N–H and O–H groups in total. The van der Waals surface area contributed by atoms with Crippen LogP contribution in [0.3, 0.4) is 0 Å². The molecule has 4 nitrogen and oxygen atoms in total. The van der Waals surface area contributed by atoms with Crippen LogP contribution in [0.5, 0.6) is 0 Å². The third-order valence-corrected chi connectivity index (χ3v) is 5.07. The van der Waals surface area contributed by atoms with Gasteiger partial charge in [-0.3, -0.25) is 9.59 Å². The second-order valence-electron chi connectivity index (χ2n) is 7.32. The summed E-state index contributed by atoms with van der Waals surface area (Å²) >= 11 is 0. The van der Waals surface area contributed by atoms with Crippen molar-refractivity contribution < 1.29 is 19.1 Å². The zero-order valence-electron chi connectivity index (χ0n) is 17.7. The number of rotatable bonds is 6. The first-order valence-electron chi connectivity index (χ1n) is 9.92. The molecule has 0 aliphatic rings. The van der Waals surface area contributed by atoms with E-state index in [0.717, 1.165) is 33.4 Å². The number of ether oxygens (including phenoxy) is 2. The molecular weight excluding hydrogens is 376 g/mol. The first-order chi connectivity index (χ1) is 14.4. The molecule has 154 valence electrons. The minimum absolute atomic E-state index is 0.377. The Kier molecular flexibility index (Phi) is 6.68. The number of esters is 2. The third-order valence-electron chi connectivity index (χ3n) is 5.07. The van der Waals surface area contributed by atoms with Crippen molar-refractivity contribution in [2.45, 2.75) is 39.9 Å². The summed E-state index contributed by atoms with van der Waals surface area (Å²) in [7, 11) is 0. The van der Waals surface area contributed by atoms with E-state index in [-0.39, 0.29) is 11.9 Å². The van der Waals surface area contributed by atoms with E-state index in [1.165, 1.54) is 13.8 Å². The fraction of sp³-hybridized carbons (Fsp3) is 0.231. The van der Waals surface area contributed by atoms with E-state index in [9.17, 15) is 9.59 Å². The van der Waals surface area contributed by atoms with Gasteiger partial charge >= 0.3 is 11.9 Å². The lowest BCUT2D eigenvalue weighted by atomic mass is 9.88. The molecule has 0 heterocycles. The summed E-state index contributed by atoms with van der Waals surface area (Å²) < 4.78 is 11.6. The van der Waals surface area contributed by atoms with Crippen LogP contribution in [0.15, 0.2) is 72.8 Å². The summed E-state index contributed by atoms with van der Waals surface area (Å²) in [6.07, 6.45) is -1.22. The summed E-state index contributed by atoms with van der Waals surface area (Å²) in [4.78, 5) is 24.0. The van der Waals surface area contributed by atoms with Crippen LogP contribution in [-0.4, -0.2) is 11.9 Å². The zero-order chi connectivity index (χ0) is 21.7. The Morgan fingerprint density at radius 2 is 0.867 bits per heavy atom. The van der Waals surface area contributed by atoms with Gasteiger partial charge in [-0.25, -0.2) is 0 Å². The lowest BCUT2D eigenvalue weighted by Crippen LogP contribution is -2.18. The SMILES string of the molecule is CC(=O)OC(c1ccccc1C)c1ccccc1C(OC(C)=O)c1ccccc1C. The van der Waals surface area contributed by atoms with E-state index >= 15 is 0 Å². The molecule has 0 radical (unpaired) electrons. The van der Waals surface area contributed by atoms with Crippen molar-refractivity contribution in [3.05, 3.63) is 106 Å². The Labute approximate surface area is 177 Å². The largest absolute Gasteiger partial charge is 0.453 e. The average Bonchev–Trinajstić information content (AvgIpc) is 2.71. The van der Waals surface area contributed by atoms with Gasteiger partial charge in [-0.1, -0.05) is 72.8 Å². The highest BCUT2D eigenvalue weighted by molar-refractivity contribution is 5.68. The molecule has 0 aromatic heterocycles. The van der Waals surface area contributed by atoms with Gasteiger partial charge in [0.2, 0.25) is 0 Å². The summed E-state index contributed by atoms with van der Waals surface area (Å²) in [5.41, 5.74) is 5.39. The van der Waals surface area contributed by atoms with Gasteiger partial charge in [0.15, 0.2) is 12.2 Å². The van der Waals surface area contributed by atoms with Gasteiger partial charge in [0, 0.05) is 25.0 Å². The maximum Gasteiger partial charge on any atom is 0.303 e. The van der Waals surface area contributed by atoms with Crippen LogP contribution in [0.1, 0.15) is 59.4 Å². The lowest BCUT2D eigenvalue weighted by molar-refractivity contribution is -0.146. The van der Waals surface area contributed by atoms with E-state index in [4.69, 9.17) is 9.47 Å². The van der Waals surface area contributed by atoms with Crippen molar-refractivity contribution in [3.63, 3.8) is 0 Å². The molecule has 0 amide bonds. The van der Waals surface area contributed by atoms with Crippen LogP contribution in [0.4, 0.5) is 0 Å². The van der Waals surface area contributed by atoms with Crippen molar-refractivity contribution in [1.82, 2.24) is 0 Å². The molecule has 3 aromatic carbocycles. The monoisotopic (exact) mass is 402 g/mol. The number of hydrogen-bond donors (Lipinski definition) is 0. The molecule has 0 fully saturated rings. The van der Waals surface area contributed by atoms with Crippen LogP contribution in [0.25, 0.3) is 0 Å². The molecule has 0 aliphatic carbocycles. The second kappa shape index (κ2) is 9.40. The van der Waals surface area contributed by atoms with Gasteiger partial charge in [-0.15, -0.1) is 0 Å². The molecule has 0 saturated carbocycles. The molecule has 0 bridgehead atoms. The van der Waals surface area contributed by atoms with Crippen LogP contribution < -0.4 is 0 Å². The maximum atomic E-state index is 12.0. The number of aryl methyl sites for hydroxylation is 2. The van der Waals surface area contributed by atoms with Gasteiger partial charge in [0.1, 0.15) is 0 Å². The molecule has 3 aromatic rings. The molecule has 0 spiro atoms. The van der Waals surface area contributed by atoms with Crippen molar-refractivity contribution in [2.75, 3.05) is 0 Å². The molecular formula is C26H26O4. The highest BCUT2D eigenvalue weighted by Crippen LogP contribution is 2.37. The second-order valence-corrected chi connectivity index (χ2v) is 7.32. The average molecular weight is 402 g/mol. The first-order valence-corrected chi connectivity index (χ1v) is 9.92. The van der Waals surface area contributed by atoms with Crippen molar-refractivity contribution >= 4 is 11.9 Å². The quantitative estimate of drug-likeness (QED) is 0.503. The number of benzene rings is 3. The molecule has 2 atom stereocenters. The standard InChI is InChI=1S/C26H26O4/c1-17-11-5-7-13-21(17)25(29-19(3)27)23-15-9-10-16-24(23)26(30-20(4)28)22-14-8-6-12-18(22)2/h5-16,25-26H,1-4H3. The highest BCUT2D eigenvalue weighted by atomic mass is 16.5. The van der Waals surface area contributed by atoms with Gasteiger partial charge in [-0.2, -0.15) is 0 Å². The van der Waals surface area contributed by atoms with E-state index < -0.39 is 12.2 Å². The van der Waals surface area contributed by atoms with Gasteiger partial charge in [0.05, 0.1) is 0 Å². The molecule has 3 rings (SSSR count). The topological polar surface area (TPSA) is 52.6 Å². The minimum atomic E-state index is -0.609. The number of carbonyl (C=O) groups excluding carboxylic acids is 2. The molecule has 4 heteroatoms. The Morgan fingerprint density at radius 3 is 1.17 bits per heavy atom. The van der Waals surface area contributed by atoms with Crippen LogP contribution in [0, 0.1) is 13.8 Å². The lowest BCUT2D eigenvalue weighted by Gasteiger charge is -2.27. The fourth-order valence-corrected chi connectivity index (χ4v) is 3.67. The van der Waals surface area contributed by atoms with E-state index in [1.54, 1.807) is 0 Å². The molecule has 30 heavy (non-hydrogen) atoms. The Hall–Kier alpha value is -3.40. The normalized spacial score (nSPS) is 12.7. The number of hydrogen-bond acceptors (Lipinski definition) is 4. The maximum absolute atomic E-state index is 12.0. The predicted molar refractivity (Wildman–Crippen MR) is 116 cm³/mol. The summed E-state index contributed by atoms with van der Waals surface area (Å²) in [6, 6.07) is 23.3. The molecule has 2 unspecified atom stereocenters. The predicted octanol–water partition coefficient (Wildman–Crippen LogP) is 5.61. The van der Waals surface area contributed by atoms with E-state index in [1.807, 2.05) is 86.6 Å². The summed E-state index contributed by atoms with van der Waals surface area (Å²) in [6.45, 7) is 6.77. The fourth-order valence-electron chi connectivity index (χ4n) is 3.67. The van der Waals surface area contributed by atoms with Crippen molar-refractivity contribution in [2.24, 2.45) is 0 Å². The van der Waals surface area contributed by atoms with Crippen molar-refractivity contribution in [1.29, 1.82) is 0 Å². The number of carbonyl (C=O) groups is 2.